The minimum atomic E-state index is 0.519. The summed E-state index contributed by atoms with van der Waals surface area (Å²) in [5.41, 5.74) is 0.519. The molecule has 0 fully saturated rings. The first-order chi connectivity index (χ1) is 6.40. The Morgan fingerprint density at radius 3 is 2.14 bits per heavy atom. The highest BCUT2D eigenvalue weighted by molar-refractivity contribution is 4.72. The van der Waals surface area contributed by atoms with Gasteiger partial charge in [0.2, 0.25) is 0 Å². The van der Waals surface area contributed by atoms with E-state index in [0.29, 0.717) is 5.41 Å². The van der Waals surface area contributed by atoms with Crippen LogP contribution in [0.4, 0.5) is 0 Å². The van der Waals surface area contributed by atoms with Gasteiger partial charge < -0.3 is 4.90 Å². The molecule has 0 aliphatic carbocycles. The topological polar surface area (TPSA) is 3.24 Å². The third-order valence-electron chi connectivity index (χ3n) is 3.71. The molecule has 0 aliphatic rings. The fourth-order valence-corrected chi connectivity index (χ4v) is 1.41. The van der Waals surface area contributed by atoms with E-state index in [1.165, 1.54) is 32.4 Å². The molecule has 0 spiro atoms. The third-order valence-corrected chi connectivity index (χ3v) is 3.71. The van der Waals surface area contributed by atoms with Crippen molar-refractivity contribution in [2.45, 2.75) is 53.9 Å². The number of rotatable bonds is 7. The Bertz CT molecular complexity index is 138. The molecule has 0 bridgehead atoms. The second-order valence-corrected chi connectivity index (χ2v) is 5.50. The highest BCUT2D eigenvalue weighted by atomic mass is 15.1. The average molecular weight is 199 g/mol. The van der Waals surface area contributed by atoms with Crippen LogP contribution in [-0.2, 0) is 0 Å². The van der Waals surface area contributed by atoms with Gasteiger partial charge in [-0.1, -0.05) is 41.0 Å². The Labute approximate surface area is 90.9 Å². The minimum absolute atomic E-state index is 0.519. The average Bonchev–Trinajstić information content (AvgIpc) is 2.11. The Hall–Kier alpha value is -0.0400. The molecule has 0 unspecified atom stereocenters. The van der Waals surface area contributed by atoms with Crippen molar-refractivity contribution in [1.82, 2.24) is 4.90 Å². The van der Waals surface area contributed by atoms with Crippen LogP contribution in [0.5, 0.6) is 0 Å². The first-order valence-electron chi connectivity index (χ1n) is 6.08. The predicted octanol–water partition coefficient (Wildman–Crippen LogP) is 3.79. The van der Waals surface area contributed by atoms with Crippen molar-refractivity contribution in [1.29, 1.82) is 0 Å². The van der Waals surface area contributed by atoms with Crippen LogP contribution in [0.3, 0.4) is 0 Å². The van der Waals surface area contributed by atoms with Crippen LogP contribution in [0.1, 0.15) is 53.9 Å². The lowest BCUT2D eigenvalue weighted by atomic mass is 9.77. The van der Waals surface area contributed by atoms with Gasteiger partial charge in [-0.2, -0.15) is 0 Å². The van der Waals surface area contributed by atoms with E-state index < -0.39 is 0 Å². The molecular weight excluding hydrogens is 170 g/mol. The van der Waals surface area contributed by atoms with Gasteiger partial charge in [0, 0.05) is 0 Å². The highest BCUT2D eigenvalue weighted by Gasteiger charge is 2.21. The second-order valence-electron chi connectivity index (χ2n) is 5.50. The van der Waals surface area contributed by atoms with Crippen LogP contribution in [0.2, 0.25) is 0 Å². The Morgan fingerprint density at radius 1 is 1.14 bits per heavy atom. The standard InChI is InChI=1S/C13H29N/c1-7-14(6)11-9-8-10-13(4,5)12(2)3/h12H,7-11H2,1-6H3. The van der Waals surface area contributed by atoms with Gasteiger partial charge in [-0.15, -0.1) is 0 Å². The van der Waals surface area contributed by atoms with Crippen molar-refractivity contribution in [3.63, 3.8) is 0 Å². The molecule has 1 nitrogen and oxygen atoms in total. The molecule has 0 aromatic heterocycles. The second kappa shape index (κ2) is 6.44. The lowest BCUT2D eigenvalue weighted by molar-refractivity contribution is 0.216. The first-order valence-corrected chi connectivity index (χ1v) is 6.08. The first kappa shape index (κ1) is 14.0. The zero-order valence-corrected chi connectivity index (χ0v) is 11.1. The Morgan fingerprint density at radius 2 is 1.71 bits per heavy atom. The third kappa shape index (κ3) is 5.64. The molecule has 0 amide bonds. The summed E-state index contributed by atoms with van der Waals surface area (Å²) < 4.78 is 0. The van der Waals surface area contributed by atoms with Crippen LogP contribution in [0.15, 0.2) is 0 Å². The van der Waals surface area contributed by atoms with E-state index in [1.807, 2.05) is 0 Å². The molecule has 0 rings (SSSR count). The van der Waals surface area contributed by atoms with Crippen LogP contribution in [0.25, 0.3) is 0 Å². The van der Waals surface area contributed by atoms with E-state index in [4.69, 9.17) is 0 Å². The minimum Gasteiger partial charge on any atom is -0.307 e. The molecule has 0 heterocycles. The molecule has 86 valence electrons. The summed E-state index contributed by atoms with van der Waals surface area (Å²) in [7, 11) is 2.20. The lowest BCUT2D eigenvalue weighted by Gasteiger charge is -2.29. The van der Waals surface area contributed by atoms with Crippen molar-refractivity contribution in [2.75, 3.05) is 20.1 Å². The van der Waals surface area contributed by atoms with E-state index in [1.54, 1.807) is 0 Å². The van der Waals surface area contributed by atoms with Crippen molar-refractivity contribution in [3.05, 3.63) is 0 Å². The van der Waals surface area contributed by atoms with Gasteiger partial charge in [0.05, 0.1) is 0 Å². The number of hydrogen-bond acceptors (Lipinski definition) is 1. The predicted molar refractivity (Wildman–Crippen MR) is 65.6 cm³/mol. The fourth-order valence-electron chi connectivity index (χ4n) is 1.41. The fraction of sp³-hybridized carbons (Fsp3) is 1.00. The summed E-state index contributed by atoms with van der Waals surface area (Å²) in [5.74, 6) is 0.798. The summed E-state index contributed by atoms with van der Waals surface area (Å²) in [4.78, 5) is 2.39. The van der Waals surface area contributed by atoms with Crippen molar-refractivity contribution in [3.8, 4) is 0 Å². The van der Waals surface area contributed by atoms with Crippen molar-refractivity contribution < 1.29 is 0 Å². The largest absolute Gasteiger partial charge is 0.307 e. The van der Waals surface area contributed by atoms with Gasteiger partial charge in [-0.05, 0) is 44.3 Å². The summed E-state index contributed by atoms with van der Waals surface area (Å²) in [6.07, 6.45) is 4.08. The van der Waals surface area contributed by atoms with E-state index in [2.05, 4.69) is 46.6 Å². The van der Waals surface area contributed by atoms with E-state index in [-0.39, 0.29) is 0 Å². The zero-order valence-electron chi connectivity index (χ0n) is 11.1. The molecule has 0 radical (unpaired) electrons. The molecule has 0 aromatic rings. The monoisotopic (exact) mass is 199 g/mol. The molecular formula is C13H29N. The Balaban J connectivity index is 3.54. The van der Waals surface area contributed by atoms with Crippen molar-refractivity contribution >= 4 is 0 Å². The van der Waals surface area contributed by atoms with Gasteiger partial charge in [0.15, 0.2) is 0 Å². The smallest absolute Gasteiger partial charge is 0.00219 e. The number of nitrogens with zero attached hydrogens (tertiary/aromatic N) is 1. The van der Waals surface area contributed by atoms with Gasteiger partial charge in [0.1, 0.15) is 0 Å². The zero-order chi connectivity index (χ0) is 11.2. The van der Waals surface area contributed by atoms with Gasteiger partial charge in [-0.25, -0.2) is 0 Å². The van der Waals surface area contributed by atoms with E-state index in [9.17, 15) is 0 Å². The highest BCUT2D eigenvalue weighted by Crippen LogP contribution is 2.31. The summed E-state index contributed by atoms with van der Waals surface area (Å²) >= 11 is 0. The van der Waals surface area contributed by atoms with Gasteiger partial charge in [0.25, 0.3) is 0 Å². The maximum atomic E-state index is 2.39. The molecule has 0 aromatic carbocycles. The van der Waals surface area contributed by atoms with Crippen molar-refractivity contribution in [2.24, 2.45) is 11.3 Å². The van der Waals surface area contributed by atoms with Gasteiger partial charge >= 0.3 is 0 Å². The van der Waals surface area contributed by atoms with E-state index >= 15 is 0 Å². The number of unbranched alkanes of at least 4 members (excludes halogenated alkanes) is 1. The molecule has 0 saturated heterocycles. The van der Waals surface area contributed by atoms with Crippen LogP contribution >= 0.6 is 0 Å². The normalized spacial score (nSPS) is 12.9. The summed E-state index contributed by atoms with van der Waals surface area (Å²) in [6.45, 7) is 14.1. The lowest BCUT2D eigenvalue weighted by Crippen LogP contribution is -2.21. The maximum absolute atomic E-state index is 2.39. The van der Waals surface area contributed by atoms with Crippen LogP contribution < -0.4 is 0 Å². The summed E-state index contributed by atoms with van der Waals surface area (Å²) in [6, 6.07) is 0. The number of hydrogen-bond donors (Lipinski definition) is 0. The maximum Gasteiger partial charge on any atom is -0.00219 e. The quantitative estimate of drug-likeness (QED) is 0.564. The molecule has 0 saturated carbocycles. The molecule has 14 heavy (non-hydrogen) atoms. The van der Waals surface area contributed by atoms with Gasteiger partial charge in [-0.3, -0.25) is 0 Å². The molecule has 0 atom stereocenters. The van der Waals surface area contributed by atoms with E-state index in [0.717, 1.165) is 5.92 Å². The van der Waals surface area contributed by atoms with Crippen LogP contribution in [-0.4, -0.2) is 25.0 Å². The molecule has 0 N–H and O–H groups in total. The Kier molecular flexibility index (Phi) is 6.43. The molecule has 1 heteroatoms. The SMILES string of the molecule is CCN(C)CCCCC(C)(C)C(C)C. The van der Waals surface area contributed by atoms with Crippen LogP contribution in [0, 0.1) is 11.3 Å². The summed E-state index contributed by atoms with van der Waals surface area (Å²) in [5, 5.41) is 0. The molecule has 0 aliphatic heterocycles.